The number of rotatable bonds is 11. The Morgan fingerprint density at radius 1 is 0.974 bits per heavy atom. The Labute approximate surface area is 232 Å². The summed E-state index contributed by atoms with van der Waals surface area (Å²) in [7, 11) is 4.67. The first-order valence-electron chi connectivity index (χ1n) is 12.8. The number of nitrogens with one attached hydrogen (secondary N) is 1. The molecule has 39 heavy (non-hydrogen) atoms. The first kappa shape index (κ1) is 28.0. The number of aromatic nitrogens is 2. The number of hydrogen-bond donors (Lipinski definition) is 1. The number of fused-ring (bicyclic) bond motifs is 1. The standard InChI is InChI=1S/C30H33N3O5S/c1-6-20-10-8-9-11-23(20)31-28(34)27(7-2)39-30-32-24-17-26(38-5)25(37-4)16-22(24)29(35)33(30)18-19-12-14-21(36-3)15-13-19/h8-17,27H,6-7,18H2,1-5H3,(H,31,34)/t27-/m1/s1. The third-order valence-corrected chi connectivity index (χ3v) is 7.85. The molecule has 0 saturated heterocycles. The van der Waals surface area contributed by atoms with Crippen LogP contribution in [-0.2, 0) is 17.8 Å². The Kier molecular flexibility index (Phi) is 9.14. The first-order chi connectivity index (χ1) is 18.9. The zero-order valence-corrected chi connectivity index (χ0v) is 23.6. The maximum Gasteiger partial charge on any atom is 0.262 e. The fourth-order valence-electron chi connectivity index (χ4n) is 4.28. The maximum atomic E-state index is 13.8. The van der Waals surface area contributed by atoms with Gasteiger partial charge in [-0.1, -0.05) is 55.9 Å². The van der Waals surface area contributed by atoms with Crippen LogP contribution in [0, 0.1) is 0 Å². The first-order valence-corrected chi connectivity index (χ1v) is 13.6. The van der Waals surface area contributed by atoms with Crippen molar-refractivity contribution in [2.24, 2.45) is 0 Å². The van der Waals surface area contributed by atoms with E-state index in [-0.39, 0.29) is 18.0 Å². The largest absolute Gasteiger partial charge is 0.497 e. The van der Waals surface area contributed by atoms with Gasteiger partial charge in [0, 0.05) is 11.8 Å². The summed E-state index contributed by atoms with van der Waals surface area (Å²) in [5.41, 5.74) is 2.99. The highest BCUT2D eigenvalue weighted by atomic mass is 32.2. The van der Waals surface area contributed by atoms with Gasteiger partial charge in [0.05, 0.1) is 44.0 Å². The van der Waals surface area contributed by atoms with Crippen molar-refractivity contribution in [3.8, 4) is 17.2 Å². The second kappa shape index (κ2) is 12.7. The van der Waals surface area contributed by atoms with Crippen LogP contribution in [0.4, 0.5) is 5.69 Å². The van der Waals surface area contributed by atoms with Crippen molar-refractivity contribution in [3.63, 3.8) is 0 Å². The van der Waals surface area contributed by atoms with E-state index in [0.717, 1.165) is 29.0 Å². The molecule has 0 aliphatic carbocycles. The summed E-state index contributed by atoms with van der Waals surface area (Å²) in [6.07, 6.45) is 1.35. The van der Waals surface area contributed by atoms with Crippen molar-refractivity contribution in [1.82, 2.24) is 9.55 Å². The van der Waals surface area contributed by atoms with Gasteiger partial charge in [-0.05, 0) is 48.2 Å². The number of hydrogen-bond acceptors (Lipinski definition) is 7. The topological polar surface area (TPSA) is 91.7 Å². The van der Waals surface area contributed by atoms with E-state index in [4.69, 9.17) is 19.2 Å². The Hall–Kier alpha value is -3.98. The number of thioether (sulfide) groups is 1. The van der Waals surface area contributed by atoms with E-state index in [9.17, 15) is 9.59 Å². The Morgan fingerprint density at radius 3 is 2.31 bits per heavy atom. The van der Waals surface area contributed by atoms with Crippen molar-refractivity contribution >= 4 is 34.3 Å². The number of aryl methyl sites for hydroxylation is 1. The van der Waals surface area contributed by atoms with Crippen LogP contribution in [0.1, 0.15) is 31.4 Å². The van der Waals surface area contributed by atoms with E-state index in [1.165, 1.54) is 26.0 Å². The normalized spacial score (nSPS) is 11.7. The molecule has 0 saturated carbocycles. The number of carbonyl (C=O) groups is 1. The molecule has 0 radical (unpaired) electrons. The van der Waals surface area contributed by atoms with Gasteiger partial charge in [-0.2, -0.15) is 0 Å². The smallest absolute Gasteiger partial charge is 0.262 e. The average Bonchev–Trinajstić information content (AvgIpc) is 2.97. The van der Waals surface area contributed by atoms with Gasteiger partial charge in [0.25, 0.3) is 5.56 Å². The van der Waals surface area contributed by atoms with Crippen LogP contribution in [0.25, 0.3) is 10.9 Å². The van der Waals surface area contributed by atoms with E-state index < -0.39 is 5.25 Å². The lowest BCUT2D eigenvalue weighted by atomic mass is 10.1. The molecule has 4 aromatic rings. The summed E-state index contributed by atoms with van der Waals surface area (Å²) in [4.78, 5) is 32.1. The van der Waals surface area contributed by atoms with E-state index in [1.807, 2.05) is 55.5 Å². The predicted octanol–water partition coefficient (Wildman–Crippen LogP) is 5.54. The molecule has 204 valence electrons. The van der Waals surface area contributed by atoms with Crippen LogP contribution < -0.4 is 25.1 Å². The molecular weight excluding hydrogens is 514 g/mol. The average molecular weight is 548 g/mol. The highest BCUT2D eigenvalue weighted by molar-refractivity contribution is 8.00. The van der Waals surface area contributed by atoms with E-state index in [2.05, 4.69) is 12.2 Å². The zero-order valence-electron chi connectivity index (χ0n) is 22.8. The molecule has 4 rings (SSSR count). The lowest BCUT2D eigenvalue weighted by Crippen LogP contribution is -2.28. The number of methoxy groups -OCH3 is 3. The third-order valence-electron chi connectivity index (χ3n) is 6.49. The molecule has 1 N–H and O–H groups in total. The van der Waals surface area contributed by atoms with Gasteiger partial charge >= 0.3 is 0 Å². The number of nitrogens with zero attached hydrogens (tertiary/aromatic N) is 2. The van der Waals surface area contributed by atoms with Crippen molar-refractivity contribution in [3.05, 3.63) is 82.1 Å². The molecule has 3 aromatic carbocycles. The van der Waals surface area contributed by atoms with Gasteiger partial charge in [0.2, 0.25) is 5.91 Å². The molecule has 1 amide bonds. The minimum Gasteiger partial charge on any atom is -0.497 e. The summed E-state index contributed by atoms with van der Waals surface area (Å²) in [6.45, 7) is 4.28. The summed E-state index contributed by atoms with van der Waals surface area (Å²) >= 11 is 1.28. The molecule has 0 fully saturated rings. The Bertz CT molecular complexity index is 1520. The zero-order chi connectivity index (χ0) is 27.9. The van der Waals surface area contributed by atoms with E-state index in [1.54, 1.807) is 23.8 Å². The molecule has 0 bridgehead atoms. The van der Waals surface area contributed by atoms with Gasteiger partial charge in [-0.15, -0.1) is 0 Å². The van der Waals surface area contributed by atoms with Crippen molar-refractivity contribution < 1.29 is 19.0 Å². The number of para-hydroxylation sites is 1. The maximum absolute atomic E-state index is 13.8. The molecule has 1 aromatic heterocycles. The minimum absolute atomic E-state index is 0.138. The van der Waals surface area contributed by atoms with Crippen LogP contribution in [-0.4, -0.2) is 42.0 Å². The van der Waals surface area contributed by atoms with Gasteiger partial charge in [0.1, 0.15) is 5.75 Å². The van der Waals surface area contributed by atoms with E-state index in [0.29, 0.717) is 34.0 Å². The van der Waals surface area contributed by atoms with Crippen LogP contribution in [0.2, 0.25) is 0 Å². The van der Waals surface area contributed by atoms with Crippen LogP contribution in [0.3, 0.4) is 0 Å². The summed E-state index contributed by atoms with van der Waals surface area (Å²) in [6, 6.07) is 18.6. The highest BCUT2D eigenvalue weighted by Crippen LogP contribution is 2.33. The summed E-state index contributed by atoms with van der Waals surface area (Å²) < 4.78 is 17.8. The molecule has 0 aliphatic rings. The number of amides is 1. The van der Waals surface area contributed by atoms with Gasteiger partial charge in [0.15, 0.2) is 16.7 Å². The summed E-state index contributed by atoms with van der Waals surface area (Å²) in [5, 5.41) is 3.45. The second-order valence-electron chi connectivity index (χ2n) is 8.87. The molecule has 0 spiro atoms. The molecule has 1 heterocycles. The van der Waals surface area contributed by atoms with Crippen molar-refractivity contribution in [2.45, 2.75) is 43.6 Å². The minimum atomic E-state index is -0.471. The van der Waals surface area contributed by atoms with E-state index >= 15 is 0 Å². The molecule has 1 atom stereocenters. The molecule has 9 heteroatoms. The highest BCUT2D eigenvalue weighted by Gasteiger charge is 2.23. The third kappa shape index (κ3) is 6.20. The Balaban J connectivity index is 1.77. The number of benzene rings is 3. The lowest BCUT2D eigenvalue weighted by Gasteiger charge is -2.19. The summed E-state index contributed by atoms with van der Waals surface area (Å²) in [5.74, 6) is 1.51. The SMILES string of the molecule is CCc1ccccc1NC(=O)[C@@H](CC)Sc1nc2cc(OC)c(OC)cc2c(=O)n1Cc1ccc(OC)cc1. The fraction of sp³-hybridized carbons (Fsp3) is 0.300. The van der Waals surface area contributed by atoms with Gasteiger partial charge < -0.3 is 19.5 Å². The Morgan fingerprint density at radius 2 is 1.67 bits per heavy atom. The number of anilines is 1. The fourth-order valence-corrected chi connectivity index (χ4v) is 5.30. The molecule has 0 aliphatic heterocycles. The van der Waals surface area contributed by atoms with Crippen LogP contribution in [0.5, 0.6) is 17.2 Å². The van der Waals surface area contributed by atoms with Crippen LogP contribution >= 0.6 is 11.8 Å². The predicted molar refractivity (Wildman–Crippen MR) is 156 cm³/mol. The molecule has 0 unspecified atom stereocenters. The monoisotopic (exact) mass is 547 g/mol. The van der Waals surface area contributed by atoms with Crippen molar-refractivity contribution in [1.29, 1.82) is 0 Å². The van der Waals surface area contributed by atoms with Crippen molar-refractivity contribution in [2.75, 3.05) is 26.6 Å². The quantitative estimate of drug-likeness (QED) is 0.195. The lowest BCUT2D eigenvalue weighted by molar-refractivity contribution is -0.115. The van der Waals surface area contributed by atoms with Crippen LogP contribution in [0.15, 0.2) is 70.6 Å². The van der Waals surface area contributed by atoms with Gasteiger partial charge in [-0.3, -0.25) is 14.2 Å². The second-order valence-corrected chi connectivity index (χ2v) is 10.0. The molecular formula is C30H33N3O5S. The van der Waals surface area contributed by atoms with Gasteiger partial charge in [-0.25, -0.2) is 4.98 Å². The number of carbonyl (C=O) groups excluding carboxylic acids is 1. The number of ether oxygens (including phenoxy) is 3. The molecule has 8 nitrogen and oxygen atoms in total.